The monoisotopic (exact) mass is 1040 g/mol. The maximum absolute atomic E-state index is 12.5. The van der Waals surface area contributed by atoms with Crippen LogP contribution in [0.1, 0.15) is 361 Å². The van der Waals surface area contributed by atoms with E-state index in [2.05, 4.69) is 43.5 Å². The van der Waals surface area contributed by atoms with Gasteiger partial charge in [0.05, 0.1) is 25.4 Å². The molecule has 6 nitrogen and oxygen atoms in total. The van der Waals surface area contributed by atoms with Crippen LogP contribution in [0, 0.1) is 0 Å². The van der Waals surface area contributed by atoms with Crippen LogP contribution in [-0.2, 0) is 14.3 Å². The molecule has 0 rings (SSSR count). The van der Waals surface area contributed by atoms with E-state index >= 15 is 0 Å². The maximum Gasteiger partial charge on any atom is 0.305 e. The lowest BCUT2D eigenvalue weighted by Gasteiger charge is -2.20. The molecule has 0 aromatic carbocycles. The zero-order chi connectivity index (χ0) is 53.6. The highest BCUT2D eigenvalue weighted by atomic mass is 16.5. The van der Waals surface area contributed by atoms with Gasteiger partial charge in [0.1, 0.15) is 0 Å². The Morgan fingerprint density at radius 2 is 0.649 bits per heavy atom. The molecule has 3 N–H and O–H groups in total. The normalized spacial score (nSPS) is 12.8. The van der Waals surface area contributed by atoms with Gasteiger partial charge in [-0.15, -0.1) is 0 Å². The van der Waals surface area contributed by atoms with Gasteiger partial charge in [-0.05, 0) is 77.0 Å². The third kappa shape index (κ3) is 59.3. The Morgan fingerprint density at radius 3 is 1.00 bits per heavy atom. The van der Waals surface area contributed by atoms with Crippen LogP contribution in [-0.4, -0.2) is 47.4 Å². The van der Waals surface area contributed by atoms with Crippen molar-refractivity contribution in [2.24, 2.45) is 0 Å². The lowest BCUT2D eigenvalue weighted by atomic mass is 10.0. The molecule has 0 aromatic heterocycles. The second-order valence-corrected chi connectivity index (χ2v) is 22.8. The van der Waals surface area contributed by atoms with Crippen LogP contribution >= 0.6 is 0 Å². The second-order valence-electron chi connectivity index (χ2n) is 22.8. The maximum atomic E-state index is 12.5. The summed E-state index contributed by atoms with van der Waals surface area (Å²) in [5, 5.41) is 23.2. The van der Waals surface area contributed by atoms with E-state index in [1.807, 2.05) is 6.08 Å². The Morgan fingerprint density at radius 1 is 0.365 bits per heavy atom. The largest absolute Gasteiger partial charge is 0.466 e. The molecule has 0 aliphatic heterocycles. The van der Waals surface area contributed by atoms with Crippen LogP contribution in [0.5, 0.6) is 0 Å². The molecule has 0 aliphatic carbocycles. The molecule has 1 amide bonds. The minimum absolute atomic E-state index is 0.00371. The number of nitrogens with one attached hydrogen (secondary N) is 1. The fraction of sp³-hybridized carbons (Fsp3) is 0.882. The molecule has 0 aliphatic rings. The van der Waals surface area contributed by atoms with Crippen molar-refractivity contribution in [3.63, 3.8) is 0 Å². The number of hydrogen-bond donors (Lipinski definition) is 3. The van der Waals surface area contributed by atoms with E-state index in [0.717, 1.165) is 44.9 Å². The van der Waals surface area contributed by atoms with Crippen LogP contribution in [0.4, 0.5) is 0 Å². The summed E-state index contributed by atoms with van der Waals surface area (Å²) in [5.41, 5.74) is 0. The van der Waals surface area contributed by atoms with Gasteiger partial charge < -0.3 is 20.3 Å². The molecule has 0 radical (unpaired) electrons. The number of carbonyl (C=O) groups is 2. The average Bonchev–Trinajstić information content (AvgIpc) is 3.40. The van der Waals surface area contributed by atoms with E-state index in [-0.39, 0.29) is 18.5 Å². The topological polar surface area (TPSA) is 95.9 Å². The second kappa shape index (κ2) is 63.6. The number of unbranched alkanes of at least 4 members (excludes halogenated alkanes) is 47. The van der Waals surface area contributed by atoms with Gasteiger partial charge in [0.2, 0.25) is 5.91 Å². The first-order valence-corrected chi connectivity index (χ1v) is 33.3. The van der Waals surface area contributed by atoms with Crippen molar-refractivity contribution in [2.75, 3.05) is 13.2 Å². The van der Waals surface area contributed by atoms with E-state index in [0.29, 0.717) is 19.4 Å². The average molecular weight is 1040 g/mol. The van der Waals surface area contributed by atoms with Crippen molar-refractivity contribution in [2.45, 2.75) is 373 Å². The Bertz CT molecular complexity index is 1200. The zero-order valence-corrected chi connectivity index (χ0v) is 49.8. The molecule has 6 heteroatoms. The van der Waals surface area contributed by atoms with Crippen molar-refractivity contribution in [1.29, 1.82) is 0 Å². The summed E-state index contributed by atoms with van der Waals surface area (Å²) in [5.74, 6) is -0.0623. The molecule has 0 bridgehead atoms. The van der Waals surface area contributed by atoms with E-state index in [4.69, 9.17) is 4.74 Å². The van der Waals surface area contributed by atoms with E-state index in [1.165, 1.54) is 289 Å². The molecular formula is C68H129NO5. The zero-order valence-electron chi connectivity index (χ0n) is 49.8. The van der Waals surface area contributed by atoms with Gasteiger partial charge in [0, 0.05) is 12.8 Å². The Balaban J connectivity index is 3.42. The van der Waals surface area contributed by atoms with Gasteiger partial charge in [-0.25, -0.2) is 0 Å². The lowest BCUT2D eigenvalue weighted by Crippen LogP contribution is -2.45. The highest BCUT2D eigenvalue weighted by Crippen LogP contribution is 2.18. The minimum atomic E-state index is -0.846. The van der Waals surface area contributed by atoms with Gasteiger partial charge in [-0.1, -0.05) is 307 Å². The quantitative estimate of drug-likeness (QED) is 0.0320. The van der Waals surface area contributed by atoms with Gasteiger partial charge in [-0.3, -0.25) is 9.59 Å². The fourth-order valence-corrected chi connectivity index (χ4v) is 10.3. The minimum Gasteiger partial charge on any atom is -0.466 e. The molecule has 0 spiro atoms. The van der Waals surface area contributed by atoms with Gasteiger partial charge in [0.15, 0.2) is 0 Å². The van der Waals surface area contributed by atoms with Crippen LogP contribution in [0.3, 0.4) is 0 Å². The lowest BCUT2D eigenvalue weighted by molar-refractivity contribution is -0.143. The molecule has 2 atom stereocenters. The van der Waals surface area contributed by atoms with Crippen molar-refractivity contribution in [3.8, 4) is 0 Å². The standard InChI is InChI=1S/C68H129NO5/c1-3-5-7-9-11-13-15-16-17-18-28-31-34-37-41-44-48-52-56-60-66(71)65(64-70)69-67(72)61-57-53-49-45-42-38-35-32-29-26-24-22-20-19-21-23-25-27-30-33-36-39-43-47-51-55-59-63-74-68(73)62-58-54-50-46-40-14-12-10-8-6-4-2/h10,12,19-20,56,60,65-66,70-71H,3-9,11,13-18,21-55,57-59,61-64H2,1-2H3,(H,69,72)/b12-10-,20-19-,60-56+. The van der Waals surface area contributed by atoms with Crippen molar-refractivity contribution in [1.82, 2.24) is 5.32 Å². The van der Waals surface area contributed by atoms with Crippen molar-refractivity contribution >= 4 is 11.9 Å². The summed E-state index contributed by atoms with van der Waals surface area (Å²) in [6, 6.07) is -0.629. The summed E-state index contributed by atoms with van der Waals surface area (Å²) < 4.78 is 5.46. The van der Waals surface area contributed by atoms with Gasteiger partial charge in [0.25, 0.3) is 0 Å². The smallest absolute Gasteiger partial charge is 0.305 e. The fourth-order valence-electron chi connectivity index (χ4n) is 10.3. The van der Waals surface area contributed by atoms with E-state index in [9.17, 15) is 19.8 Å². The Labute approximate surface area is 462 Å². The Kier molecular flexibility index (Phi) is 62.0. The molecule has 0 saturated carbocycles. The number of allylic oxidation sites excluding steroid dienone is 5. The molecule has 0 heterocycles. The molecule has 0 saturated heterocycles. The highest BCUT2D eigenvalue weighted by molar-refractivity contribution is 5.76. The number of rotatable bonds is 62. The van der Waals surface area contributed by atoms with Crippen molar-refractivity contribution in [3.05, 3.63) is 36.5 Å². The SMILES string of the molecule is CCCC/C=C\CCCCCCCC(=O)OCCCCCCCCCCCCCC/C=C\CCCCCCCCCCCCCC(=O)NC(CO)C(O)/C=C/CCCCCCCCCCCCCCCCCCC. The number of aliphatic hydroxyl groups is 2. The molecule has 74 heavy (non-hydrogen) atoms. The summed E-state index contributed by atoms with van der Waals surface area (Å²) in [6.45, 7) is 4.89. The number of esters is 1. The first-order valence-electron chi connectivity index (χ1n) is 33.3. The van der Waals surface area contributed by atoms with Crippen molar-refractivity contribution < 1.29 is 24.5 Å². The number of hydrogen-bond acceptors (Lipinski definition) is 5. The molecule has 0 fully saturated rings. The summed E-state index contributed by atoms with van der Waals surface area (Å²) >= 11 is 0. The molecular weight excluding hydrogens is 911 g/mol. The van der Waals surface area contributed by atoms with Crippen LogP contribution < -0.4 is 5.32 Å². The van der Waals surface area contributed by atoms with Gasteiger partial charge >= 0.3 is 5.97 Å². The Hall–Kier alpha value is -1.92. The predicted octanol–water partition coefficient (Wildman–Crippen LogP) is 21.1. The first-order chi connectivity index (χ1) is 36.5. The summed E-state index contributed by atoms with van der Waals surface area (Å²) in [7, 11) is 0. The molecule has 0 aromatic rings. The van der Waals surface area contributed by atoms with Crippen LogP contribution in [0.2, 0.25) is 0 Å². The summed E-state index contributed by atoms with van der Waals surface area (Å²) in [6.07, 6.45) is 80.6. The third-order valence-electron chi connectivity index (χ3n) is 15.4. The van der Waals surface area contributed by atoms with E-state index in [1.54, 1.807) is 6.08 Å². The highest BCUT2D eigenvalue weighted by Gasteiger charge is 2.18. The summed E-state index contributed by atoms with van der Waals surface area (Å²) in [4.78, 5) is 24.5. The number of aliphatic hydroxyl groups excluding tert-OH is 2. The molecule has 2 unspecified atom stereocenters. The number of carbonyl (C=O) groups excluding carboxylic acids is 2. The number of amides is 1. The third-order valence-corrected chi connectivity index (χ3v) is 15.4. The molecule has 436 valence electrons. The van der Waals surface area contributed by atoms with Crippen LogP contribution in [0.15, 0.2) is 36.5 Å². The van der Waals surface area contributed by atoms with Gasteiger partial charge in [-0.2, -0.15) is 0 Å². The van der Waals surface area contributed by atoms with E-state index < -0.39 is 12.1 Å². The predicted molar refractivity (Wildman–Crippen MR) is 324 cm³/mol. The number of ether oxygens (including phenoxy) is 1. The first kappa shape index (κ1) is 72.1. The van der Waals surface area contributed by atoms with Crippen LogP contribution in [0.25, 0.3) is 0 Å².